The lowest BCUT2D eigenvalue weighted by atomic mass is 9.80. The fourth-order valence-corrected chi connectivity index (χ4v) is 7.15. The van der Waals surface area contributed by atoms with Gasteiger partial charge in [0.25, 0.3) is 0 Å². The normalized spacial score (nSPS) is 15.7. The second-order valence-electron chi connectivity index (χ2n) is 14.1. The molecule has 4 nitrogen and oxygen atoms in total. The highest BCUT2D eigenvalue weighted by molar-refractivity contribution is 6.10. The van der Waals surface area contributed by atoms with Crippen molar-refractivity contribution in [1.82, 2.24) is 9.55 Å². The largest absolute Gasteiger partial charge is 0.475 e. The third-order valence-corrected chi connectivity index (χ3v) is 9.27. The zero-order chi connectivity index (χ0) is 30.6. The first-order valence-corrected chi connectivity index (χ1v) is 15.8. The van der Waals surface area contributed by atoms with Crippen LogP contribution < -0.4 is 0 Å². The lowest BCUT2D eigenvalue weighted by molar-refractivity contribution is 0.198. The highest BCUT2D eigenvalue weighted by Gasteiger charge is 2.33. The van der Waals surface area contributed by atoms with E-state index in [2.05, 4.69) is 134 Å². The minimum absolute atomic E-state index is 0.0560. The molecule has 0 radical (unpaired) electrons. The molecule has 1 atom stereocenters. The number of ether oxygens (including phenoxy) is 1. The van der Waals surface area contributed by atoms with Crippen LogP contribution in [0.1, 0.15) is 70.7 Å². The Morgan fingerprint density at radius 3 is 2.26 bits per heavy atom. The number of aromatic nitrogens is 2. The van der Waals surface area contributed by atoms with E-state index in [-0.39, 0.29) is 11.5 Å². The van der Waals surface area contributed by atoms with Crippen molar-refractivity contribution in [2.75, 3.05) is 6.61 Å². The summed E-state index contributed by atoms with van der Waals surface area (Å²) in [5, 5.41) is 2.48. The molecule has 0 fully saturated rings. The van der Waals surface area contributed by atoms with Gasteiger partial charge in [0, 0.05) is 33.8 Å². The Hall–Kier alpha value is -3.92. The maximum Gasteiger partial charge on any atom is 0.216 e. The zero-order valence-corrected chi connectivity index (χ0v) is 27.2. The molecule has 0 unspecified atom stereocenters. The SMILES string of the molecule is Cc1cc(C)c(-n2c3ccccc3c3ccc(-c4cc(C(C)(C)C)ccn4)cc32)cc1C1=N[C@H](C(C(C)C)C(C)C)CO1. The van der Waals surface area contributed by atoms with Crippen molar-refractivity contribution in [2.45, 2.75) is 73.8 Å². The van der Waals surface area contributed by atoms with E-state index >= 15 is 0 Å². The average Bonchev–Trinajstić information content (AvgIpc) is 3.55. The van der Waals surface area contributed by atoms with E-state index in [1.54, 1.807) is 0 Å². The molecule has 0 bridgehead atoms. The van der Waals surface area contributed by atoms with Gasteiger partial charge in [0.2, 0.25) is 5.90 Å². The van der Waals surface area contributed by atoms with Gasteiger partial charge in [-0.05, 0) is 84.0 Å². The van der Waals surface area contributed by atoms with Crippen LogP contribution in [0.4, 0.5) is 0 Å². The Bertz CT molecular complexity index is 1840. The molecule has 43 heavy (non-hydrogen) atoms. The Balaban J connectivity index is 1.53. The monoisotopic (exact) mass is 571 g/mol. The Morgan fingerprint density at radius 2 is 1.53 bits per heavy atom. The van der Waals surface area contributed by atoms with Gasteiger partial charge in [0.15, 0.2) is 0 Å². The van der Waals surface area contributed by atoms with Gasteiger partial charge in [-0.2, -0.15) is 0 Å². The van der Waals surface area contributed by atoms with Crippen molar-refractivity contribution >= 4 is 27.7 Å². The van der Waals surface area contributed by atoms with Crippen molar-refractivity contribution in [2.24, 2.45) is 22.7 Å². The molecule has 1 aliphatic heterocycles. The summed E-state index contributed by atoms with van der Waals surface area (Å²) >= 11 is 0. The predicted octanol–water partition coefficient (Wildman–Crippen LogP) is 9.83. The molecule has 0 N–H and O–H groups in total. The van der Waals surface area contributed by atoms with E-state index in [1.165, 1.54) is 38.5 Å². The average molecular weight is 572 g/mol. The van der Waals surface area contributed by atoms with Gasteiger partial charge in [-0.1, -0.05) is 84.9 Å². The highest BCUT2D eigenvalue weighted by atomic mass is 16.5. The first-order chi connectivity index (χ1) is 20.4. The Kier molecular flexibility index (Phi) is 7.44. The molecule has 222 valence electrons. The molecule has 0 saturated carbocycles. The molecule has 0 spiro atoms. The standard InChI is InChI=1S/C39H45N3O/c1-23(2)37(24(3)4)33-22-43-38(41-33)31-21-35(26(6)18-25(31)5)42-34-13-11-10-12-29(34)30-15-14-27(19-36(30)42)32-20-28(16-17-40-32)39(7,8)9/h10-21,23-24,33,37H,22H2,1-9H3/t33-/m0/s1. The van der Waals surface area contributed by atoms with E-state index in [1.807, 2.05) is 6.20 Å². The van der Waals surface area contributed by atoms with Crippen molar-refractivity contribution in [3.8, 4) is 16.9 Å². The van der Waals surface area contributed by atoms with Crippen molar-refractivity contribution in [1.29, 1.82) is 0 Å². The van der Waals surface area contributed by atoms with Crippen LogP contribution in [-0.2, 0) is 10.2 Å². The molecule has 5 aromatic rings. The number of para-hydroxylation sites is 1. The van der Waals surface area contributed by atoms with Gasteiger partial charge in [0.05, 0.1) is 22.8 Å². The minimum Gasteiger partial charge on any atom is -0.475 e. The summed E-state index contributed by atoms with van der Waals surface area (Å²) in [7, 11) is 0. The highest BCUT2D eigenvalue weighted by Crippen LogP contribution is 2.37. The van der Waals surface area contributed by atoms with Crippen molar-refractivity contribution in [3.05, 3.63) is 95.2 Å². The second kappa shape index (κ2) is 11.0. The first-order valence-electron chi connectivity index (χ1n) is 15.8. The number of benzene rings is 3. The van der Waals surface area contributed by atoms with E-state index < -0.39 is 0 Å². The molecule has 2 aromatic heterocycles. The first kappa shape index (κ1) is 29.2. The van der Waals surface area contributed by atoms with Gasteiger partial charge >= 0.3 is 0 Å². The summed E-state index contributed by atoms with van der Waals surface area (Å²) in [6.45, 7) is 21.0. The Morgan fingerprint density at radius 1 is 0.814 bits per heavy atom. The number of aliphatic imine (C=N–C) groups is 1. The number of pyridine rings is 1. The quantitative estimate of drug-likeness (QED) is 0.203. The molecule has 4 heteroatoms. The molecule has 1 aliphatic rings. The van der Waals surface area contributed by atoms with Gasteiger partial charge in [-0.3, -0.25) is 4.98 Å². The number of hydrogen-bond acceptors (Lipinski definition) is 3. The number of hydrogen-bond donors (Lipinski definition) is 0. The van der Waals surface area contributed by atoms with Crippen molar-refractivity contribution < 1.29 is 4.74 Å². The summed E-state index contributed by atoms with van der Waals surface area (Å²) < 4.78 is 8.76. The molecule has 0 saturated heterocycles. The third kappa shape index (κ3) is 5.26. The molecule has 6 rings (SSSR count). The summed E-state index contributed by atoms with van der Waals surface area (Å²) in [5.74, 6) is 2.37. The minimum atomic E-state index is 0.0560. The number of fused-ring (bicyclic) bond motifs is 3. The lowest BCUT2D eigenvalue weighted by Gasteiger charge is -2.27. The number of nitrogens with zero attached hydrogens (tertiary/aromatic N) is 3. The van der Waals surface area contributed by atoms with Crippen LogP contribution in [0, 0.1) is 31.6 Å². The van der Waals surface area contributed by atoms with E-state index in [0.717, 1.165) is 28.4 Å². The summed E-state index contributed by atoms with van der Waals surface area (Å²) in [5.41, 5.74) is 10.5. The molecule has 0 amide bonds. The Labute approximate surface area is 256 Å². The molecule has 3 heterocycles. The predicted molar refractivity (Wildman–Crippen MR) is 182 cm³/mol. The van der Waals surface area contributed by atoms with Crippen LogP contribution in [-0.4, -0.2) is 28.1 Å². The summed E-state index contributed by atoms with van der Waals surface area (Å²) in [6, 6.07) is 24.6. The van der Waals surface area contributed by atoms with Crippen LogP contribution in [0.15, 0.2) is 77.9 Å². The molecular weight excluding hydrogens is 526 g/mol. The van der Waals surface area contributed by atoms with E-state index in [4.69, 9.17) is 14.7 Å². The second-order valence-corrected chi connectivity index (χ2v) is 14.1. The van der Waals surface area contributed by atoms with Gasteiger partial charge in [0.1, 0.15) is 6.61 Å². The van der Waals surface area contributed by atoms with Crippen LogP contribution in [0.3, 0.4) is 0 Å². The third-order valence-electron chi connectivity index (χ3n) is 9.27. The molecule has 0 aliphatic carbocycles. The fraction of sp³-hybridized carbons (Fsp3) is 0.385. The topological polar surface area (TPSA) is 39.4 Å². The maximum absolute atomic E-state index is 6.35. The van der Waals surface area contributed by atoms with Gasteiger partial charge in [-0.15, -0.1) is 0 Å². The van der Waals surface area contributed by atoms with Crippen LogP contribution in [0.2, 0.25) is 0 Å². The summed E-state index contributed by atoms with van der Waals surface area (Å²) in [4.78, 5) is 9.98. The van der Waals surface area contributed by atoms with Crippen LogP contribution in [0.25, 0.3) is 38.8 Å². The zero-order valence-electron chi connectivity index (χ0n) is 27.2. The lowest BCUT2D eigenvalue weighted by Crippen LogP contribution is -2.29. The molecule has 3 aromatic carbocycles. The van der Waals surface area contributed by atoms with Gasteiger partial charge in [-0.25, -0.2) is 4.99 Å². The molecular formula is C39H45N3O. The van der Waals surface area contributed by atoms with Crippen LogP contribution >= 0.6 is 0 Å². The number of aryl methyl sites for hydroxylation is 2. The maximum atomic E-state index is 6.35. The smallest absolute Gasteiger partial charge is 0.216 e. The van der Waals surface area contributed by atoms with Crippen molar-refractivity contribution in [3.63, 3.8) is 0 Å². The number of rotatable bonds is 6. The fourth-order valence-electron chi connectivity index (χ4n) is 7.15. The van der Waals surface area contributed by atoms with E-state index in [9.17, 15) is 0 Å². The summed E-state index contributed by atoms with van der Waals surface area (Å²) in [6.07, 6.45) is 1.94. The van der Waals surface area contributed by atoms with E-state index in [0.29, 0.717) is 24.4 Å². The van der Waals surface area contributed by atoms with Gasteiger partial charge < -0.3 is 9.30 Å². The van der Waals surface area contributed by atoms with Crippen LogP contribution in [0.5, 0.6) is 0 Å².